The summed E-state index contributed by atoms with van der Waals surface area (Å²) in [7, 11) is 0. The lowest BCUT2D eigenvalue weighted by atomic mass is 10.0. The van der Waals surface area contributed by atoms with Gasteiger partial charge in [0.25, 0.3) is 0 Å². The van der Waals surface area contributed by atoms with Gasteiger partial charge >= 0.3 is 6.18 Å². The second-order valence-corrected chi connectivity index (χ2v) is 6.97. The third-order valence-electron chi connectivity index (χ3n) is 4.65. The normalized spacial score (nSPS) is 14.8. The van der Waals surface area contributed by atoms with E-state index in [0.29, 0.717) is 23.5 Å². The van der Waals surface area contributed by atoms with Crippen LogP contribution >= 0.6 is 0 Å². The Bertz CT molecular complexity index is 1170. The van der Waals surface area contributed by atoms with Crippen LogP contribution in [0.15, 0.2) is 46.5 Å². The molecule has 2 aromatic heterocycles. The van der Waals surface area contributed by atoms with Gasteiger partial charge in [-0.15, -0.1) is 0 Å². The van der Waals surface area contributed by atoms with Gasteiger partial charge in [0, 0.05) is 5.39 Å². The molecule has 3 aromatic rings. The van der Waals surface area contributed by atoms with Gasteiger partial charge in [0.05, 0.1) is 29.7 Å². The molecule has 0 amide bonds. The third kappa shape index (κ3) is 4.45. The predicted octanol–water partition coefficient (Wildman–Crippen LogP) is 2.62. The second-order valence-electron chi connectivity index (χ2n) is 6.97. The third-order valence-corrected chi connectivity index (χ3v) is 4.65. The van der Waals surface area contributed by atoms with Gasteiger partial charge in [-0.25, -0.2) is 9.97 Å². The van der Waals surface area contributed by atoms with Gasteiger partial charge in [-0.3, -0.25) is 9.98 Å². The quantitative estimate of drug-likeness (QED) is 0.323. The largest absolute Gasteiger partial charge is 0.422 e. The van der Waals surface area contributed by atoms with Crippen LogP contribution in [-0.2, 0) is 12.1 Å². The van der Waals surface area contributed by atoms with E-state index in [4.69, 9.17) is 11.6 Å². The summed E-state index contributed by atoms with van der Waals surface area (Å²) in [5, 5.41) is 14.2. The van der Waals surface area contributed by atoms with E-state index in [0.717, 1.165) is 11.6 Å². The highest BCUT2D eigenvalue weighted by molar-refractivity contribution is 6.40. The highest BCUT2D eigenvalue weighted by atomic mass is 19.4. The number of anilines is 1. The van der Waals surface area contributed by atoms with E-state index in [1.165, 1.54) is 18.3 Å². The number of nitrogen functional groups attached to an aromatic ring is 1. The summed E-state index contributed by atoms with van der Waals surface area (Å²) in [6.07, 6.45) is -3.53. The van der Waals surface area contributed by atoms with Gasteiger partial charge < -0.3 is 16.7 Å². The number of aryl methyl sites for hydroxylation is 1. The molecule has 0 radical (unpaired) electrons. The zero-order valence-corrected chi connectivity index (χ0v) is 16.7. The first-order valence-electron chi connectivity index (χ1n) is 9.11. The van der Waals surface area contributed by atoms with Gasteiger partial charge in [-0.1, -0.05) is 24.3 Å². The number of aliphatic imine (C=N–C) groups is 1. The molecule has 11 heteroatoms. The van der Waals surface area contributed by atoms with Crippen molar-refractivity contribution < 1.29 is 18.3 Å². The van der Waals surface area contributed by atoms with Crippen molar-refractivity contribution in [2.45, 2.75) is 32.2 Å². The number of fused-ring (bicyclic) bond motifs is 1. The van der Waals surface area contributed by atoms with Crippen molar-refractivity contribution in [3.63, 3.8) is 0 Å². The maximum atomic E-state index is 13.1. The first kappa shape index (κ1) is 22.1. The summed E-state index contributed by atoms with van der Waals surface area (Å²) in [5.74, 6) is 5.55. The number of para-hydroxylation sites is 1. The van der Waals surface area contributed by atoms with Crippen LogP contribution in [0.3, 0.4) is 0 Å². The molecule has 1 aromatic carbocycles. The van der Waals surface area contributed by atoms with Gasteiger partial charge in [-0.2, -0.15) is 18.3 Å². The van der Waals surface area contributed by atoms with Crippen molar-refractivity contribution in [3.8, 4) is 0 Å². The minimum Gasteiger partial charge on any atom is -0.375 e. The highest BCUT2D eigenvalue weighted by Crippen LogP contribution is 2.37. The topological polar surface area (TPSA) is 136 Å². The summed E-state index contributed by atoms with van der Waals surface area (Å²) < 4.78 is 39.2. The zero-order chi connectivity index (χ0) is 22.8. The Morgan fingerprint density at radius 2 is 1.84 bits per heavy atom. The van der Waals surface area contributed by atoms with Gasteiger partial charge in [-0.05, 0) is 31.5 Å². The van der Waals surface area contributed by atoms with E-state index >= 15 is 0 Å². The average Bonchev–Trinajstić information content (AvgIpc) is 2.71. The lowest BCUT2D eigenvalue weighted by Crippen LogP contribution is -2.40. The van der Waals surface area contributed by atoms with Crippen molar-refractivity contribution in [2.24, 2.45) is 15.9 Å². The van der Waals surface area contributed by atoms with Crippen LogP contribution in [0, 0.1) is 6.92 Å². The summed E-state index contributed by atoms with van der Waals surface area (Å²) in [6, 6.07) is 9.46. The molecule has 3 rings (SSSR count). The van der Waals surface area contributed by atoms with Crippen LogP contribution in [0.1, 0.15) is 29.6 Å². The number of aromatic nitrogens is 3. The number of nitrogens with two attached hydrogens (primary N) is 2. The van der Waals surface area contributed by atoms with Gasteiger partial charge in [0.1, 0.15) is 11.4 Å². The monoisotopic (exact) mass is 431 g/mol. The summed E-state index contributed by atoms with van der Waals surface area (Å²) in [4.78, 5) is 16.5. The first-order chi connectivity index (χ1) is 14.5. The fourth-order valence-corrected chi connectivity index (χ4v) is 2.87. The zero-order valence-electron chi connectivity index (χ0n) is 16.7. The Morgan fingerprint density at radius 3 is 2.52 bits per heavy atom. The van der Waals surface area contributed by atoms with Gasteiger partial charge in [0.15, 0.2) is 5.60 Å². The summed E-state index contributed by atoms with van der Waals surface area (Å²) >= 11 is 0. The molecule has 0 bridgehead atoms. The lowest BCUT2D eigenvalue weighted by molar-refractivity contribution is -0.260. The van der Waals surface area contributed by atoms with Crippen LogP contribution in [-0.4, -0.2) is 38.2 Å². The number of hydrazone groups is 1. The molecule has 0 aliphatic carbocycles. The van der Waals surface area contributed by atoms with Gasteiger partial charge in [0.2, 0.25) is 5.95 Å². The molecule has 0 unspecified atom stereocenters. The number of rotatable bonds is 5. The van der Waals surface area contributed by atoms with E-state index in [1.807, 2.05) is 19.1 Å². The van der Waals surface area contributed by atoms with E-state index < -0.39 is 17.5 Å². The Balaban J connectivity index is 1.89. The molecule has 0 aliphatic heterocycles. The molecule has 5 N–H and O–H groups in total. The first-order valence-corrected chi connectivity index (χ1v) is 9.11. The number of alkyl halides is 3. The van der Waals surface area contributed by atoms with E-state index in [1.54, 1.807) is 6.07 Å². The minimum atomic E-state index is -4.87. The average molecular weight is 431 g/mol. The molecule has 0 saturated heterocycles. The van der Waals surface area contributed by atoms with Crippen molar-refractivity contribution in [1.82, 2.24) is 15.0 Å². The Labute approximate surface area is 175 Å². The Kier molecular flexibility index (Phi) is 5.89. The van der Waals surface area contributed by atoms with E-state index in [-0.39, 0.29) is 23.9 Å². The van der Waals surface area contributed by atoms with Crippen LogP contribution in [0.2, 0.25) is 0 Å². The molecule has 0 saturated carbocycles. The number of benzene rings is 1. The minimum absolute atomic E-state index is 0.0371. The predicted molar refractivity (Wildman–Crippen MR) is 111 cm³/mol. The number of nitrogens with zero attached hydrogens (tertiary/aromatic N) is 5. The molecule has 31 heavy (non-hydrogen) atoms. The fraction of sp³-hybridized carbons (Fsp3) is 0.250. The Hall–Kier alpha value is -3.60. The molecular weight excluding hydrogens is 411 g/mol. The van der Waals surface area contributed by atoms with Crippen molar-refractivity contribution in [3.05, 3.63) is 59.0 Å². The number of hydrogen-bond donors (Lipinski definition) is 3. The SMILES string of the molecule is Cc1cccc2c(C(C=NCc3cccc([C@](C)(O)C(F)(F)F)n3)=NN)nc(N)nc12. The summed E-state index contributed by atoms with van der Waals surface area (Å²) in [5.41, 5.74) is 4.55. The second kappa shape index (κ2) is 8.26. The van der Waals surface area contributed by atoms with Crippen molar-refractivity contribution >= 4 is 28.8 Å². The standard InChI is InChI=1S/C20H20F3N7O/c1-11-5-3-7-13-16(11)28-18(24)29-17(13)14(30-25)10-26-9-12-6-4-8-15(27-12)19(2,31)20(21,22)23/h3-8,10,31H,9,25H2,1-2H3,(H2,24,28,29)/t19-/m0/s1. The number of hydrogen-bond acceptors (Lipinski definition) is 8. The van der Waals surface area contributed by atoms with Crippen LogP contribution < -0.4 is 11.6 Å². The van der Waals surface area contributed by atoms with E-state index in [9.17, 15) is 18.3 Å². The molecule has 0 fully saturated rings. The Morgan fingerprint density at radius 1 is 1.13 bits per heavy atom. The smallest absolute Gasteiger partial charge is 0.375 e. The highest BCUT2D eigenvalue weighted by Gasteiger charge is 2.52. The molecule has 8 nitrogen and oxygen atoms in total. The molecular formula is C20H20F3N7O. The molecule has 0 spiro atoms. The van der Waals surface area contributed by atoms with Crippen LogP contribution in [0.5, 0.6) is 0 Å². The van der Waals surface area contributed by atoms with Crippen molar-refractivity contribution in [1.29, 1.82) is 0 Å². The number of pyridine rings is 1. The molecule has 0 aliphatic rings. The summed E-state index contributed by atoms with van der Waals surface area (Å²) in [6.45, 7) is 2.45. The van der Waals surface area contributed by atoms with E-state index in [2.05, 4.69) is 25.0 Å². The van der Waals surface area contributed by atoms with Crippen LogP contribution in [0.4, 0.5) is 19.1 Å². The van der Waals surface area contributed by atoms with Crippen LogP contribution in [0.25, 0.3) is 10.9 Å². The van der Waals surface area contributed by atoms with Crippen molar-refractivity contribution in [2.75, 3.05) is 5.73 Å². The number of halogens is 3. The maximum absolute atomic E-state index is 13.1. The maximum Gasteiger partial charge on any atom is 0.422 e. The molecule has 1 atom stereocenters. The lowest BCUT2D eigenvalue weighted by Gasteiger charge is -2.25. The fourth-order valence-electron chi connectivity index (χ4n) is 2.87. The molecule has 162 valence electrons. The molecule has 2 heterocycles. The number of aliphatic hydroxyl groups is 1.